The van der Waals surface area contributed by atoms with Crippen LogP contribution in [0.5, 0.6) is 46.0 Å². The van der Waals surface area contributed by atoms with Crippen LogP contribution in [0, 0.1) is 11.8 Å². The van der Waals surface area contributed by atoms with Crippen molar-refractivity contribution in [1.82, 2.24) is 29.9 Å². The Kier molecular flexibility index (Phi) is 16.9. The topological polar surface area (TPSA) is 198 Å². The molecule has 0 saturated heterocycles. The van der Waals surface area contributed by atoms with E-state index in [4.69, 9.17) is 57.8 Å². The number of rotatable bonds is 17. The van der Waals surface area contributed by atoms with Crippen LogP contribution in [0.1, 0.15) is 43.6 Å². The largest absolute Gasteiger partial charge is 0.497 e. The molecule has 7 heterocycles. The molecule has 0 unspecified atom stereocenters. The van der Waals surface area contributed by atoms with E-state index in [9.17, 15) is 9.90 Å². The van der Waals surface area contributed by atoms with Gasteiger partial charge in [0, 0.05) is 69.2 Å². The molecule has 0 radical (unpaired) electrons. The van der Waals surface area contributed by atoms with Gasteiger partial charge < -0.3 is 57.9 Å². The van der Waals surface area contributed by atoms with E-state index in [-0.39, 0.29) is 5.56 Å². The Labute approximate surface area is 562 Å². The second kappa shape index (κ2) is 26.4. The number of anilines is 3. The zero-order valence-corrected chi connectivity index (χ0v) is 54.7. The Morgan fingerprint density at radius 3 is 1.37 bits per heavy atom. The van der Waals surface area contributed by atoms with Gasteiger partial charge in [-0.15, -0.1) is 11.3 Å². The summed E-state index contributed by atoms with van der Waals surface area (Å²) in [4.78, 5) is 44.1. The average molecular weight is 1300 g/mol. The molecule has 0 amide bonds. The summed E-state index contributed by atoms with van der Waals surface area (Å²) in [6.07, 6.45) is 11.2. The minimum Gasteiger partial charge on any atom is -0.497 e. The lowest BCUT2D eigenvalue weighted by Gasteiger charge is -2.27. The molecule has 0 fully saturated rings. The zero-order chi connectivity index (χ0) is 66.8. The summed E-state index contributed by atoms with van der Waals surface area (Å²) in [6.45, 7) is 0. The fraction of sp³-hybridized carbons (Fsp3) is 0.101. The Morgan fingerprint density at radius 2 is 0.876 bits per heavy atom. The molecule has 2 aliphatic heterocycles. The minimum absolute atomic E-state index is 0.172. The van der Waals surface area contributed by atoms with Crippen molar-refractivity contribution in [2.24, 2.45) is 0 Å². The predicted octanol–water partition coefficient (Wildman–Crippen LogP) is 17.6. The van der Waals surface area contributed by atoms with Crippen molar-refractivity contribution in [3.05, 3.63) is 221 Å². The van der Waals surface area contributed by atoms with E-state index < -0.39 is 5.97 Å². The molecule has 0 saturated carbocycles. The number of ether oxygens (including phenoxy) is 8. The molecule has 478 valence electrons. The fourth-order valence-electron chi connectivity index (χ4n) is 12.4. The van der Waals surface area contributed by atoms with Crippen molar-refractivity contribution in [1.29, 1.82) is 0 Å². The average Bonchev–Trinajstić information content (AvgIpc) is 1.67. The van der Waals surface area contributed by atoms with Crippen LogP contribution in [0.2, 0.25) is 0 Å². The number of aromatic carboxylic acids is 1. The summed E-state index contributed by atoms with van der Waals surface area (Å²) < 4.78 is 47.9. The van der Waals surface area contributed by atoms with Gasteiger partial charge in [0.1, 0.15) is 61.9 Å². The van der Waals surface area contributed by atoms with Crippen molar-refractivity contribution in [3.8, 4) is 113 Å². The molecule has 18 heteroatoms. The van der Waals surface area contributed by atoms with Gasteiger partial charge in [0.25, 0.3) is 0 Å². The highest BCUT2D eigenvalue weighted by molar-refractivity contribution is 7.18. The van der Waals surface area contributed by atoms with Crippen LogP contribution < -0.4 is 42.8 Å². The van der Waals surface area contributed by atoms with Crippen molar-refractivity contribution in [3.63, 3.8) is 0 Å². The fourth-order valence-corrected chi connectivity index (χ4v) is 13.4. The number of benzene rings is 7. The highest BCUT2D eigenvalue weighted by atomic mass is 32.1. The molecule has 12 aromatic rings. The lowest BCUT2D eigenvalue weighted by atomic mass is 10.0. The number of hydrogen-bond acceptors (Lipinski definition) is 15. The minimum atomic E-state index is -1.02. The van der Waals surface area contributed by atoms with Gasteiger partial charge in [-0.3, -0.25) is 9.97 Å². The first-order valence-electron chi connectivity index (χ1n) is 30.7. The first kappa shape index (κ1) is 61.9. The van der Waals surface area contributed by atoms with Crippen LogP contribution >= 0.6 is 11.3 Å². The third-order valence-electron chi connectivity index (χ3n) is 17.0. The van der Waals surface area contributed by atoms with Crippen LogP contribution in [0.3, 0.4) is 0 Å². The summed E-state index contributed by atoms with van der Waals surface area (Å²) in [6, 6.07) is 54.5. The number of thiophene rings is 1. The Morgan fingerprint density at radius 1 is 0.433 bits per heavy atom. The molecular formula is C79H61N7O10S. The Bertz CT molecular complexity index is 5200. The van der Waals surface area contributed by atoms with Crippen molar-refractivity contribution in [2.75, 3.05) is 61.8 Å². The second-order valence-corrected chi connectivity index (χ2v) is 23.3. The molecule has 97 heavy (non-hydrogen) atoms. The van der Waals surface area contributed by atoms with Gasteiger partial charge in [-0.25, -0.2) is 14.8 Å². The number of carbonyl (C=O) groups is 1. The molecule has 3 N–H and O–H groups in total. The summed E-state index contributed by atoms with van der Waals surface area (Å²) in [5.41, 5.74) is 16.3. The molecule has 14 rings (SSSR count). The maximum atomic E-state index is 11.9. The third kappa shape index (κ3) is 11.5. The number of hydrogen-bond donors (Lipinski definition) is 3. The molecular weight excluding hydrogens is 1240 g/mol. The Hall–Kier alpha value is -12.6. The van der Waals surface area contributed by atoms with Crippen LogP contribution in [-0.2, 0) is 0 Å². The second-order valence-electron chi connectivity index (χ2n) is 22.3. The molecule has 5 aromatic heterocycles. The van der Waals surface area contributed by atoms with Crippen molar-refractivity contribution >= 4 is 91.8 Å². The smallest absolute Gasteiger partial charge is 0.335 e. The molecule has 7 aromatic carbocycles. The van der Waals surface area contributed by atoms with Crippen LogP contribution in [0.4, 0.5) is 17.1 Å². The summed E-state index contributed by atoms with van der Waals surface area (Å²) >= 11 is 1.42. The molecule has 0 aliphatic carbocycles. The normalized spacial score (nSPS) is 11.4. The quantitative estimate of drug-likeness (QED) is 0.0727. The van der Waals surface area contributed by atoms with E-state index in [1.807, 2.05) is 115 Å². The van der Waals surface area contributed by atoms with Crippen LogP contribution in [0.25, 0.3) is 112 Å². The lowest BCUT2D eigenvalue weighted by Crippen LogP contribution is -2.12. The van der Waals surface area contributed by atoms with Crippen LogP contribution in [0.15, 0.2) is 182 Å². The predicted molar refractivity (Wildman–Crippen MR) is 383 cm³/mol. The zero-order valence-electron chi connectivity index (χ0n) is 53.9. The Balaban J connectivity index is 1.08. The number of aromatic amines is 2. The number of aromatic nitrogens is 6. The van der Waals surface area contributed by atoms with Crippen LogP contribution in [-0.4, -0.2) is 97.9 Å². The molecule has 0 atom stereocenters. The van der Waals surface area contributed by atoms with Gasteiger partial charge in [-0.1, -0.05) is 54.5 Å². The summed E-state index contributed by atoms with van der Waals surface area (Å²) in [5.74, 6) is 10.9. The van der Waals surface area contributed by atoms with Crippen molar-refractivity contribution < 1.29 is 47.8 Å². The highest BCUT2D eigenvalue weighted by Crippen LogP contribution is 2.49. The van der Waals surface area contributed by atoms with Crippen molar-refractivity contribution in [2.45, 2.75) is 0 Å². The molecule has 8 bridgehead atoms. The third-order valence-corrected chi connectivity index (χ3v) is 18.2. The van der Waals surface area contributed by atoms with E-state index in [1.165, 1.54) is 11.3 Å². The van der Waals surface area contributed by atoms with Gasteiger partial charge in [0.15, 0.2) is 0 Å². The summed E-state index contributed by atoms with van der Waals surface area (Å²) in [7, 11) is 13.1. The maximum Gasteiger partial charge on any atom is 0.335 e. The number of carboxylic acids is 1. The molecule has 17 nitrogen and oxygen atoms in total. The number of carboxylic acid groups (broad SMARTS) is 1. The monoisotopic (exact) mass is 1300 g/mol. The summed E-state index contributed by atoms with van der Waals surface area (Å²) in [5, 5.41) is 9.73. The number of H-pyrrole nitrogens is 2. The molecule has 0 spiro atoms. The van der Waals surface area contributed by atoms with E-state index in [0.717, 1.165) is 44.1 Å². The van der Waals surface area contributed by atoms with Gasteiger partial charge in [-0.2, -0.15) is 0 Å². The van der Waals surface area contributed by atoms with E-state index in [2.05, 4.69) is 81.3 Å². The lowest BCUT2D eigenvalue weighted by molar-refractivity contribution is 0.0696. The van der Waals surface area contributed by atoms with Gasteiger partial charge in [-0.05, 0) is 156 Å². The van der Waals surface area contributed by atoms with Gasteiger partial charge >= 0.3 is 5.97 Å². The van der Waals surface area contributed by atoms with E-state index in [0.29, 0.717) is 140 Å². The highest BCUT2D eigenvalue weighted by Gasteiger charge is 2.27. The standard InChI is InChI=1S/C79H61N7O10S/c1-89-51-27-29-53(68(43-51)95-7)45-19-23-49(24-20-45)86(50-25-21-46(22-26-50)54-30-28-52(90-2)44-69(54)96-8)77-62-38-36-60(84-62)71(73-64(91-3)11-9-12-65(73)92-4)58-34-32-56(82-58)55(31-40-70-75-76(81-42-41-80-75)78(97-70)47-15-17-48(18-16-47)79(87)88)57-33-35-59(83-57)72(61-37-39-63(77)85-61)74-66(93-5)13-10-14-67(74)94-6/h9-30,32-39,41-44,82,85H,1-8H3,(H,87,88). The number of nitrogens with zero attached hydrogens (tertiary/aromatic N) is 5. The molecule has 2 aliphatic rings. The SMILES string of the molecule is COc1ccc(-c2ccc(N(c3ccc(-c4ccc(OC)cc4OC)cc3)c3c4nc(c(-c5c(OC)cccc5OC)c5ccc([nH]5)c(C#Cc5sc(-c6ccc(C(=O)O)cc6)c6nccnc56)c5nc(c(-c6c(OC)cccc6OC)c6ccc3[nH]6)C=C5)C=C4)cc2)c(OC)c1. The first-order valence-corrected chi connectivity index (χ1v) is 31.5. The number of methoxy groups -OCH3 is 8. The van der Waals surface area contributed by atoms with E-state index in [1.54, 1.807) is 93.5 Å². The van der Waals surface area contributed by atoms with Gasteiger partial charge in [0.2, 0.25) is 0 Å². The van der Waals surface area contributed by atoms with E-state index >= 15 is 0 Å². The number of fused-ring (bicyclic) bond motifs is 9. The first-order chi connectivity index (χ1) is 47.5. The maximum absolute atomic E-state index is 11.9. The van der Waals surface area contributed by atoms with Gasteiger partial charge in [0.05, 0.1) is 124 Å². The number of nitrogens with one attached hydrogen (secondary N) is 2.